The molecule has 2 rings (SSSR count). The maximum atomic E-state index is 11.6. The molecule has 6 nitrogen and oxygen atoms in total. The van der Waals surface area contributed by atoms with Crippen LogP contribution in [0.4, 0.5) is 5.95 Å². The lowest BCUT2D eigenvalue weighted by Crippen LogP contribution is -2.36. The predicted molar refractivity (Wildman–Crippen MR) is 73.8 cm³/mol. The van der Waals surface area contributed by atoms with E-state index < -0.39 is 11.8 Å². The Hall–Kier alpha value is -2.76. The third-order valence-electron chi connectivity index (χ3n) is 2.54. The summed E-state index contributed by atoms with van der Waals surface area (Å²) in [5.74, 6) is -1.37. The molecule has 20 heavy (non-hydrogen) atoms. The highest BCUT2D eigenvalue weighted by Gasteiger charge is 2.13. The van der Waals surface area contributed by atoms with Crippen LogP contribution < -0.4 is 10.6 Å². The molecule has 0 bridgehead atoms. The highest BCUT2D eigenvalue weighted by molar-refractivity contribution is 6.39. The van der Waals surface area contributed by atoms with Crippen LogP contribution in [0, 0.1) is 0 Å². The van der Waals surface area contributed by atoms with E-state index in [0.717, 1.165) is 5.56 Å². The van der Waals surface area contributed by atoms with Gasteiger partial charge in [0.05, 0.1) is 0 Å². The number of carbonyl (C=O) groups is 2. The highest BCUT2D eigenvalue weighted by atomic mass is 16.2. The number of nitrogens with one attached hydrogen (secondary N) is 2. The molecule has 102 valence electrons. The summed E-state index contributed by atoms with van der Waals surface area (Å²) in [5, 5.41) is 4.86. The van der Waals surface area contributed by atoms with E-state index in [4.69, 9.17) is 0 Å². The zero-order chi connectivity index (χ0) is 14.2. The van der Waals surface area contributed by atoms with Crippen molar-refractivity contribution >= 4 is 17.8 Å². The zero-order valence-corrected chi connectivity index (χ0v) is 10.7. The number of rotatable bonds is 4. The molecule has 6 heteroatoms. The maximum absolute atomic E-state index is 11.6. The van der Waals surface area contributed by atoms with Crippen LogP contribution >= 0.6 is 0 Å². The Bertz CT molecular complexity index is 572. The molecule has 0 atom stereocenters. The summed E-state index contributed by atoms with van der Waals surface area (Å²) < 4.78 is 0. The van der Waals surface area contributed by atoms with Gasteiger partial charge >= 0.3 is 11.8 Å². The number of nitrogens with zero attached hydrogens (tertiary/aromatic N) is 2. The molecule has 1 aromatic heterocycles. The monoisotopic (exact) mass is 270 g/mol. The topological polar surface area (TPSA) is 84.0 Å². The first kappa shape index (κ1) is 13.7. The van der Waals surface area contributed by atoms with Gasteiger partial charge in [0.25, 0.3) is 0 Å². The molecule has 0 unspecified atom stereocenters. The lowest BCUT2D eigenvalue weighted by molar-refractivity contribution is -0.136. The van der Waals surface area contributed by atoms with Crippen LogP contribution in [0.2, 0.25) is 0 Å². The lowest BCUT2D eigenvalue weighted by atomic mass is 10.1. The molecule has 1 aromatic carbocycles. The number of benzene rings is 1. The zero-order valence-electron chi connectivity index (χ0n) is 10.7. The van der Waals surface area contributed by atoms with E-state index in [9.17, 15) is 9.59 Å². The fourth-order valence-electron chi connectivity index (χ4n) is 1.57. The highest BCUT2D eigenvalue weighted by Crippen LogP contribution is 1.98. The van der Waals surface area contributed by atoms with Crippen molar-refractivity contribution < 1.29 is 9.59 Å². The first-order valence-electron chi connectivity index (χ1n) is 6.16. The van der Waals surface area contributed by atoms with E-state index in [1.54, 1.807) is 6.07 Å². The van der Waals surface area contributed by atoms with E-state index in [0.29, 0.717) is 13.0 Å². The van der Waals surface area contributed by atoms with E-state index in [-0.39, 0.29) is 5.95 Å². The summed E-state index contributed by atoms with van der Waals surface area (Å²) in [6.45, 7) is 0.395. The second-order valence-electron chi connectivity index (χ2n) is 4.02. The van der Waals surface area contributed by atoms with Gasteiger partial charge < -0.3 is 5.32 Å². The number of carbonyl (C=O) groups excluding carboxylic acids is 2. The standard InChI is InChI=1S/C14H14N4O2/c19-12(13(20)18-14-16-8-4-9-17-14)15-10-7-11-5-2-1-3-6-11/h1-6,8-9H,7,10H2,(H,15,19)(H,16,17,18,20). The number of hydrogen-bond donors (Lipinski definition) is 2. The van der Waals surface area contributed by atoms with E-state index >= 15 is 0 Å². The van der Waals surface area contributed by atoms with Crippen LogP contribution in [0.1, 0.15) is 5.56 Å². The van der Waals surface area contributed by atoms with Gasteiger partial charge in [-0.25, -0.2) is 9.97 Å². The van der Waals surface area contributed by atoms with Crippen molar-refractivity contribution in [3.8, 4) is 0 Å². The Morgan fingerprint density at radius 3 is 2.35 bits per heavy atom. The molecule has 0 aliphatic carbocycles. The molecule has 0 spiro atoms. The van der Waals surface area contributed by atoms with E-state index in [1.807, 2.05) is 30.3 Å². The number of anilines is 1. The minimum atomic E-state index is -0.774. The van der Waals surface area contributed by atoms with Gasteiger partial charge in [-0.3, -0.25) is 14.9 Å². The normalized spacial score (nSPS) is 9.80. The average Bonchev–Trinajstić information content (AvgIpc) is 2.49. The summed E-state index contributed by atoms with van der Waals surface area (Å²) in [4.78, 5) is 30.7. The minimum Gasteiger partial charge on any atom is -0.347 e. The summed E-state index contributed by atoms with van der Waals surface area (Å²) in [6.07, 6.45) is 3.63. The van der Waals surface area contributed by atoms with Gasteiger partial charge in [-0.15, -0.1) is 0 Å². The molecule has 2 amide bonds. The van der Waals surface area contributed by atoms with Crippen molar-refractivity contribution in [2.24, 2.45) is 0 Å². The van der Waals surface area contributed by atoms with Crippen LogP contribution in [0.5, 0.6) is 0 Å². The van der Waals surface area contributed by atoms with Crippen molar-refractivity contribution in [3.05, 3.63) is 54.4 Å². The molecular weight excluding hydrogens is 256 g/mol. The van der Waals surface area contributed by atoms with E-state index in [1.165, 1.54) is 12.4 Å². The number of hydrogen-bond acceptors (Lipinski definition) is 4. The third kappa shape index (κ3) is 4.16. The molecule has 0 saturated heterocycles. The molecule has 0 aliphatic heterocycles. The lowest BCUT2D eigenvalue weighted by Gasteiger charge is -2.05. The van der Waals surface area contributed by atoms with E-state index in [2.05, 4.69) is 20.6 Å². The SMILES string of the molecule is O=C(NCCc1ccccc1)C(=O)Nc1ncccn1. The van der Waals surface area contributed by atoms with Gasteiger partial charge in [-0.1, -0.05) is 30.3 Å². The summed E-state index contributed by atoms with van der Waals surface area (Å²) in [6, 6.07) is 11.3. The minimum absolute atomic E-state index is 0.107. The van der Waals surface area contributed by atoms with Crippen LogP contribution in [0.25, 0.3) is 0 Å². The molecule has 2 aromatic rings. The molecule has 0 saturated carbocycles. The largest absolute Gasteiger partial charge is 0.347 e. The Kier molecular flexibility index (Phi) is 4.77. The smallest absolute Gasteiger partial charge is 0.316 e. The second kappa shape index (κ2) is 6.98. The quantitative estimate of drug-likeness (QED) is 0.804. The summed E-state index contributed by atoms with van der Waals surface area (Å²) in [5.41, 5.74) is 1.10. The Balaban J connectivity index is 1.76. The molecule has 0 fully saturated rings. The second-order valence-corrected chi connectivity index (χ2v) is 4.02. The number of aromatic nitrogens is 2. The van der Waals surface area contributed by atoms with Crippen LogP contribution in [0.3, 0.4) is 0 Å². The van der Waals surface area contributed by atoms with Crippen molar-refractivity contribution in [2.45, 2.75) is 6.42 Å². The molecule has 1 heterocycles. The average molecular weight is 270 g/mol. The summed E-state index contributed by atoms with van der Waals surface area (Å²) in [7, 11) is 0. The van der Waals surface area contributed by atoms with Gasteiger partial charge in [-0.05, 0) is 18.1 Å². The van der Waals surface area contributed by atoms with Gasteiger partial charge in [0.2, 0.25) is 5.95 Å². The molecular formula is C14H14N4O2. The van der Waals surface area contributed by atoms with Crippen LogP contribution in [-0.2, 0) is 16.0 Å². The van der Waals surface area contributed by atoms with Crippen LogP contribution in [0.15, 0.2) is 48.8 Å². The Labute approximate surface area is 116 Å². The Morgan fingerprint density at radius 1 is 0.950 bits per heavy atom. The third-order valence-corrected chi connectivity index (χ3v) is 2.54. The fourth-order valence-corrected chi connectivity index (χ4v) is 1.57. The first-order chi connectivity index (χ1) is 9.75. The van der Waals surface area contributed by atoms with Crippen molar-refractivity contribution in [2.75, 3.05) is 11.9 Å². The van der Waals surface area contributed by atoms with Crippen molar-refractivity contribution in [1.82, 2.24) is 15.3 Å². The predicted octanol–water partition coefficient (Wildman–Crippen LogP) is 0.774. The first-order valence-corrected chi connectivity index (χ1v) is 6.16. The molecule has 0 aliphatic rings. The van der Waals surface area contributed by atoms with Crippen molar-refractivity contribution in [3.63, 3.8) is 0 Å². The van der Waals surface area contributed by atoms with Gasteiger partial charge in [-0.2, -0.15) is 0 Å². The Morgan fingerprint density at radius 2 is 1.65 bits per heavy atom. The van der Waals surface area contributed by atoms with Gasteiger partial charge in [0, 0.05) is 18.9 Å². The van der Waals surface area contributed by atoms with Crippen molar-refractivity contribution in [1.29, 1.82) is 0 Å². The summed E-state index contributed by atoms with van der Waals surface area (Å²) >= 11 is 0. The maximum Gasteiger partial charge on any atom is 0.316 e. The van der Waals surface area contributed by atoms with Crippen LogP contribution in [-0.4, -0.2) is 28.3 Å². The molecule has 0 radical (unpaired) electrons. The molecule has 2 N–H and O–H groups in total. The van der Waals surface area contributed by atoms with Gasteiger partial charge in [0.1, 0.15) is 0 Å². The van der Waals surface area contributed by atoms with Gasteiger partial charge in [0.15, 0.2) is 0 Å². The number of amides is 2. The fraction of sp³-hybridized carbons (Fsp3) is 0.143.